The number of rotatable bonds is 0. The number of benzene rings is 1. The van der Waals surface area contributed by atoms with E-state index < -0.39 is 0 Å². The van der Waals surface area contributed by atoms with Gasteiger partial charge in [0.1, 0.15) is 26.7 Å². The van der Waals surface area contributed by atoms with E-state index in [2.05, 4.69) is 80.6 Å². The van der Waals surface area contributed by atoms with E-state index in [0.717, 1.165) is 42.4 Å². The van der Waals surface area contributed by atoms with Gasteiger partial charge in [0.15, 0.2) is 0 Å². The Hall–Kier alpha value is -2.93. The molecule has 5 heterocycles. The second-order valence-electron chi connectivity index (χ2n) is 10.1. The zero-order valence-corrected chi connectivity index (χ0v) is 31.1. The summed E-state index contributed by atoms with van der Waals surface area (Å²) in [5.41, 5.74) is 9.13. The molecule has 0 saturated carbocycles. The van der Waals surface area contributed by atoms with Crippen LogP contribution >= 0.6 is 45.5 Å². The van der Waals surface area contributed by atoms with E-state index in [1.54, 1.807) is 40.2 Å². The molecule has 43 heavy (non-hydrogen) atoms. The van der Waals surface area contributed by atoms with E-state index in [4.69, 9.17) is 0 Å². The van der Waals surface area contributed by atoms with Crippen molar-refractivity contribution < 1.29 is 0 Å². The minimum absolute atomic E-state index is 0.877. The molecule has 0 saturated heterocycles. The molecule has 0 fully saturated rings. The van der Waals surface area contributed by atoms with Crippen molar-refractivity contribution in [2.24, 2.45) is 7.05 Å². The quantitative estimate of drug-likeness (QED) is 0.161. The Morgan fingerprint density at radius 3 is 1.51 bits per heavy atom. The summed E-state index contributed by atoms with van der Waals surface area (Å²) in [5.74, 6) is 1.97. The van der Waals surface area contributed by atoms with Gasteiger partial charge in [-0.15, -0.1) is 44.2 Å². The standard InChI is InChI=1S/C12H15NS.C7H12N2.2C4H6N2S.C4H5NS/c1-6-7(2)9(4)12-11(8(6)3)13-10(5)14-12;1-5-6(2)9(4)7(3)8-5;1-3-5-6-4(2)7-3;1-3-5-4(2)7-6-3;1-4-5-2-3-6-4/h1-5H3;1-4H3;2*1-2H3;2-3H,1H3. The van der Waals surface area contributed by atoms with E-state index >= 15 is 0 Å². The molecule has 5 aromatic heterocycles. The number of imidazole rings is 1. The van der Waals surface area contributed by atoms with Crippen LogP contribution in [0.2, 0.25) is 0 Å². The Kier molecular flexibility index (Phi) is 14.2. The average Bonchev–Trinajstić information content (AvgIpc) is 3.79. The zero-order chi connectivity index (χ0) is 32.4. The van der Waals surface area contributed by atoms with Crippen molar-refractivity contribution in [3.05, 3.63) is 81.9 Å². The van der Waals surface area contributed by atoms with Gasteiger partial charge in [0.05, 0.1) is 25.9 Å². The molecule has 0 spiro atoms. The zero-order valence-electron chi connectivity index (χ0n) is 27.9. The lowest BCUT2D eigenvalue weighted by Crippen LogP contribution is -1.92. The summed E-state index contributed by atoms with van der Waals surface area (Å²) in [7, 11) is 2.03. The van der Waals surface area contributed by atoms with E-state index in [0.29, 0.717) is 0 Å². The summed E-state index contributed by atoms with van der Waals surface area (Å²) in [6.07, 6.45) is 1.81. The van der Waals surface area contributed by atoms with Crippen LogP contribution in [0.3, 0.4) is 0 Å². The Labute approximate surface area is 272 Å². The fourth-order valence-electron chi connectivity index (χ4n) is 3.82. The highest BCUT2D eigenvalue weighted by atomic mass is 32.1. The minimum Gasteiger partial charge on any atom is -0.335 e. The summed E-state index contributed by atoms with van der Waals surface area (Å²) in [6.45, 7) is 26.7. The smallest absolute Gasteiger partial charge is 0.139 e. The second kappa shape index (κ2) is 16.8. The fraction of sp³-hybridized carbons (Fsp3) is 0.452. The van der Waals surface area contributed by atoms with Crippen molar-refractivity contribution in [3.63, 3.8) is 0 Å². The van der Waals surface area contributed by atoms with Crippen molar-refractivity contribution >= 4 is 55.8 Å². The van der Waals surface area contributed by atoms with Gasteiger partial charge >= 0.3 is 0 Å². The molecule has 0 amide bonds. The van der Waals surface area contributed by atoms with Crippen molar-refractivity contribution in [1.29, 1.82) is 0 Å². The predicted molar refractivity (Wildman–Crippen MR) is 186 cm³/mol. The average molecular weight is 657 g/mol. The summed E-state index contributed by atoms with van der Waals surface area (Å²) in [4.78, 5) is 16.8. The first-order valence-corrected chi connectivity index (χ1v) is 17.1. The molecule has 0 N–H and O–H groups in total. The molecule has 0 aliphatic carbocycles. The molecule has 0 aliphatic rings. The van der Waals surface area contributed by atoms with Crippen molar-refractivity contribution in [2.45, 2.75) is 90.0 Å². The van der Waals surface area contributed by atoms with E-state index in [1.165, 1.54) is 49.7 Å². The Bertz CT molecular complexity index is 1580. The first kappa shape index (κ1) is 36.3. The number of aromatic nitrogens is 8. The van der Waals surface area contributed by atoms with Gasteiger partial charge in [-0.05, 0) is 124 Å². The van der Waals surface area contributed by atoms with Gasteiger partial charge in [0, 0.05) is 24.3 Å². The number of hydrogen-bond donors (Lipinski definition) is 0. The SMILES string of the molecule is Cc1nc(C)n(C)c1C.Cc1nc2c(C)c(C)c(C)c(C)c2s1.Cc1nccs1.Cc1nnc(C)s1.Cc1nsc(C)n1. The Morgan fingerprint density at radius 1 is 0.605 bits per heavy atom. The number of nitrogens with zero attached hydrogens (tertiary/aromatic N) is 8. The molecule has 1 aromatic carbocycles. The van der Waals surface area contributed by atoms with Crippen LogP contribution in [0.4, 0.5) is 0 Å². The molecule has 0 aliphatic heterocycles. The van der Waals surface area contributed by atoms with Crippen LogP contribution in [0.5, 0.6) is 0 Å². The van der Waals surface area contributed by atoms with Crippen LogP contribution < -0.4 is 0 Å². The van der Waals surface area contributed by atoms with Gasteiger partial charge in [0.2, 0.25) is 0 Å². The van der Waals surface area contributed by atoms with Gasteiger partial charge < -0.3 is 4.57 Å². The summed E-state index contributed by atoms with van der Waals surface area (Å²) < 4.78 is 7.40. The second-order valence-corrected chi connectivity index (χ2v) is 14.7. The van der Waals surface area contributed by atoms with Crippen molar-refractivity contribution in [2.75, 3.05) is 0 Å². The van der Waals surface area contributed by atoms with Crippen LogP contribution in [0, 0.1) is 90.0 Å². The molecular weight excluding hydrogens is 613 g/mol. The Morgan fingerprint density at radius 2 is 1.21 bits per heavy atom. The predicted octanol–water partition coefficient (Wildman–Crippen LogP) is 8.95. The third-order valence-corrected chi connectivity index (χ3v) is 10.0. The molecule has 0 bridgehead atoms. The maximum Gasteiger partial charge on any atom is 0.139 e. The third-order valence-electron chi connectivity index (χ3n) is 6.77. The third kappa shape index (κ3) is 10.9. The van der Waals surface area contributed by atoms with Gasteiger partial charge in [0.25, 0.3) is 0 Å². The fourth-order valence-corrected chi connectivity index (χ4v) is 6.36. The highest BCUT2D eigenvalue weighted by Gasteiger charge is 2.12. The van der Waals surface area contributed by atoms with Crippen LogP contribution in [-0.2, 0) is 7.05 Å². The first-order valence-electron chi connectivity index (χ1n) is 13.8. The highest BCUT2D eigenvalue weighted by Crippen LogP contribution is 2.32. The van der Waals surface area contributed by atoms with Gasteiger partial charge in [-0.1, -0.05) is 0 Å². The number of hydrogen-bond acceptors (Lipinski definition) is 11. The lowest BCUT2D eigenvalue weighted by atomic mass is 9.99. The molecule has 0 atom stereocenters. The van der Waals surface area contributed by atoms with E-state index in [1.807, 2.05) is 60.9 Å². The minimum atomic E-state index is 0.877. The van der Waals surface area contributed by atoms with Crippen LogP contribution in [0.1, 0.15) is 70.3 Å². The monoisotopic (exact) mass is 656 g/mol. The van der Waals surface area contributed by atoms with Crippen LogP contribution in [-0.4, -0.2) is 39.1 Å². The van der Waals surface area contributed by atoms with Crippen LogP contribution in [0.25, 0.3) is 10.2 Å². The highest BCUT2D eigenvalue weighted by molar-refractivity contribution is 7.18. The lowest BCUT2D eigenvalue weighted by Gasteiger charge is -2.09. The number of aryl methyl sites for hydroxylation is 10. The largest absolute Gasteiger partial charge is 0.335 e. The van der Waals surface area contributed by atoms with Gasteiger partial charge in [-0.2, -0.15) is 4.37 Å². The van der Waals surface area contributed by atoms with Crippen molar-refractivity contribution in [1.82, 2.24) is 39.1 Å². The molecule has 232 valence electrons. The molecule has 0 radical (unpaired) electrons. The van der Waals surface area contributed by atoms with Gasteiger partial charge in [-0.3, -0.25) is 4.98 Å². The number of thiazole rings is 2. The molecule has 12 heteroatoms. The molecule has 6 rings (SSSR count). The maximum absolute atomic E-state index is 4.59. The van der Waals surface area contributed by atoms with Gasteiger partial charge in [-0.25, -0.2) is 15.0 Å². The van der Waals surface area contributed by atoms with E-state index in [9.17, 15) is 0 Å². The summed E-state index contributed by atoms with van der Waals surface area (Å²) in [6, 6.07) is 0. The molecule has 8 nitrogen and oxygen atoms in total. The Balaban J connectivity index is 0.000000196. The molecular formula is C31H44N8S4. The lowest BCUT2D eigenvalue weighted by molar-refractivity contribution is 0.827. The normalized spacial score (nSPS) is 10.1. The summed E-state index contributed by atoms with van der Waals surface area (Å²) >= 11 is 6.53. The first-order chi connectivity index (χ1) is 20.1. The topological polar surface area (TPSA) is 95.2 Å². The maximum atomic E-state index is 4.59. The number of fused-ring (bicyclic) bond motifs is 1. The molecule has 0 unspecified atom stereocenters. The molecule has 6 aromatic rings. The summed E-state index contributed by atoms with van der Waals surface area (Å²) in [5, 5.41) is 15.0. The van der Waals surface area contributed by atoms with Crippen LogP contribution in [0.15, 0.2) is 11.6 Å². The van der Waals surface area contributed by atoms with Crippen molar-refractivity contribution in [3.8, 4) is 0 Å². The van der Waals surface area contributed by atoms with E-state index in [-0.39, 0.29) is 0 Å².